The molecule has 0 aliphatic carbocycles. The molecule has 130 valence electrons. The lowest BCUT2D eigenvalue weighted by atomic mass is 10.2. The second kappa shape index (κ2) is 9.52. The minimum atomic E-state index is -0.265. The van der Waals surface area contributed by atoms with E-state index in [1.807, 2.05) is 15.6 Å². The molecule has 2 aromatic rings. The Morgan fingerprint density at radius 1 is 1.25 bits per heavy atom. The number of nitrogens with two attached hydrogens (primary N) is 1. The molecular formula is C18H24FN2O2S+. The van der Waals surface area contributed by atoms with Gasteiger partial charge in [0.1, 0.15) is 5.82 Å². The Labute approximate surface area is 146 Å². The van der Waals surface area contributed by atoms with Gasteiger partial charge < -0.3 is 15.0 Å². The fourth-order valence-electron chi connectivity index (χ4n) is 2.34. The van der Waals surface area contributed by atoms with Gasteiger partial charge in [0.05, 0.1) is 19.7 Å². The summed E-state index contributed by atoms with van der Waals surface area (Å²) in [6.45, 7) is 4.87. The highest BCUT2D eigenvalue weighted by molar-refractivity contribution is 7.10. The van der Waals surface area contributed by atoms with E-state index in [1.165, 1.54) is 22.6 Å². The van der Waals surface area contributed by atoms with E-state index in [-0.39, 0.29) is 11.7 Å². The highest BCUT2D eigenvalue weighted by atomic mass is 32.1. The second-order valence-corrected chi connectivity index (χ2v) is 6.68. The van der Waals surface area contributed by atoms with Crippen LogP contribution in [0.3, 0.4) is 0 Å². The minimum absolute atomic E-state index is 0.0724. The Kier molecular flexibility index (Phi) is 7.36. The van der Waals surface area contributed by atoms with Crippen molar-refractivity contribution in [3.63, 3.8) is 0 Å². The van der Waals surface area contributed by atoms with Gasteiger partial charge in [-0.1, -0.05) is 12.1 Å². The van der Waals surface area contributed by atoms with Crippen LogP contribution in [0.5, 0.6) is 0 Å². The van der Waals surface area contributed by atoms with Gasteiger partial charge in [0.2, 0.25) is 0 Å². The number of hydrogen-bond acceptors (Lipinski definition) is 3. The summed E-state index contributed by atoms with van der Waals surface area (Å²) < 4.78 is 18.1. The monoisotopic (exact) mass is 351 g/mol. The van der Waals surface area contributed by atoms with Crippen LogP contribution in [0.4, 0.5) is 4.39 Å². The number of aryl methyl sites for hydroxylation is 1. The van der Waals surface area contributed by atoms with Gasteiger partial charge in [-0.25, -0.2) is 4.39 Å². The molecule has 1 amide bonds. The van der Waals surface area contributed by atoms with Crippen molar-refractivity contribution < 1.29 is 19.2 Å². The Morgan fingerprint density at radius 3 is 2.62 bits per heavy atom. The summed E-state index contributed by atoms with van der Waals surface area (Å²) in [6, 6.07) is 8.38. The first-order valence-corrected chi connectivity index (χ1v) is 8.84. The van der Waals surface area contributed by atoms with E-state index in [0.717, 1.165) is 12.1 Å². The SMILES string of the molecule is COCC[NH2+]CC(=O)N(Cc1ccc(F)cc1)Cc1sccc1C. The molecule has 0 bridgehead atoms. The molecule has 0 saturated heterocycles. The van der Waals surface area contributed by atoms with E-state index in [4.69, 9.17) is 4.74 Å². The molecule has 0 aliphatic rings. The first-order valence-electron chi connectivity index (χ1n) is 7.96. The van der Waals surface area contributed by atoms with Crippen LogP contribution in [-0.2, 0) is 22.6 Å². The summed E-state index contributed by atoms with van der Waals surface area (Å²) in [5, 5.41) is 3.99. The zero-order valence-corrected chi connectivity index (χ0v) is 14.9. The highest BCUT2D eigenvalue weighted by Crippen LogP contribution is 2.19. The molecule has 0 spiro atoms. The molecule has 1 aromatic carbocycles. The molecule has 0 unspecified atom stereocenters. The highest BCUT2D eigenvalue weighted by Gasteiger charge is 2.17. The Hall–Kier alpha value is -1.76. The molecule has 1 aromatic heterocycles. The molecule has 0 saturated carbocycles. The average molecular weight is 351 g/mol. The van der Waals surface area contributed by atoms with Crippen molar-refractivity contribution in [2.75, 3.05) is 26.8 Å². The molecule has 0 radical (unpaired) electrons. The van der Waals surface area contributed by atoms with Crippen molar-refractivity contribution >= 4 is 17.2 Å². The van der Waals surface area contributed by atoms with Gasteiger partial charge in [0.15, 0.2) is 6.54 Å². The van der Waals surface area contributed by atoms with E-state index >= 15 is 0 Å². The summed E-state index contributed by atoms with van der Waals surface area (Å²) in [5.74, 6) is -0.193. The largest absolute Gasteiger partial charge is 0.379 e. The maximum atomic E-state index is 13.1. The van der Waals surface area contributed by atoms with Gasteiger partial charge in [-0.3, -0.25) is 4.79 Å². The molecule has 4 nitrogen and oxygen atoms in total. The Balaban J connectivity index is 2.04. The lowest BCUT2D eigenvalue weighted by Crippen LogP contribution is -2.87. The van der Waals surface area contributed by atoms with Crippen molar-refractivity contribution in [2.24, 2.45) is 0 Å². The summed E-state index contributed by atoms with van der Waals surface area (Å²) in [7, 11) is 1.65. The molecule has 2 N–H and O–H groups in total. The lowest BCUT2D eigenvalue weighted by Gasteiger charge is -2.22. The van der Waals surface area contributed by atoms with Gasteiger partial charge in [-0.05, 0) is 41.6 Å². The van der Waals surface area contributed by atoms with Crippen molar-refractivity contribution in [1.29, 1.82) is 0 Å². The number of quaternary nitrogens is 1. The molecule has 0 fully saturated rings. The van der Waals surface area contributed by atoms with E-state index in [1.54, 1.807) is 30.6 Å². The summed E-state index contributed by atoms with van der Waals surface area (Å²) in [5.41, 5.74) is 2.12. The first kappa shape index (κ1) is 18.6. The van der Waals surface area contributed by atoms with Gasteiger partial charge in [-0.15, -0.1) is 11.3 Å². The van der Waals surface area contributed by atoms with Crippen molar-refractivity contribution in [3.05, 3.63) is 57.5 Å². The zero-order chi connectivity index (χ0) is 17.4. The quantitative estimate of drug-likeness (QED) is 0.702. The van der Waals surface area contributed by atoms with Gasteiger partial charge in [0, 0.05) is 18.5 Å². The van der Waals surface area contributed by atoms with Crippen LogP contribution in [0.2, 0.25) is 0 Å². The van der Waals surface area contributed by atoms with E-state index < -0.39 is 0 Å². The second-order valence-electron chi connectivity index (χ2n) is 5.68. The standard InChI is InChI=1S/C18H23FN2O2S/c1-14-7-10-24-17(14)13-21(18(22)11-20-8-9-23-2)12-15-3-5-16(19)6-4-15/h3-7,10,20H,8-9,11-13H2,1-2H3/p+1. The Bertz CT molecular complexity index is 643. The number of hydrogen-bond donors (Lipinski definition) is 1. The number of carbonyl (C=O) groups excluding carboxylic acids is 1. The van der Waals surface area contributed by atoms with Crippen molar-refractivity contribution in [3.8, 4) is 0 Å². The van der Waals surface area contributed by atoms with E-state index in [2.05, 4.69) is 13.0 Å². The van der Waals surface area contributed by atoms with Crippen LogP contribution < -0.4 is 5.32 Å². The number of halogens is 1. The Morgan fingerprint density at radius 2 is 2.00 bits per heavy atom. The van der Waals surface area contributed by atoms with Crippen LogP contribution in [0.1, 0.15) is 16.0 Å². The van der Waals surface area contributed by atoms with Gasteiger partial charge in [-0.2, -0.15) is 0 Å². The van der Waals surface area contributed by atoms with E-state index in [0.29, 0.717) is 26.2 Å². The number of thiophene rings is 1. The van der Waals surface area contributed by atoms with Crippen LogP contribution in [0.15, 0.2) is 35.7 Å². The fourth-order valence-corrected chi connectivity index (χ4v) is 3.26. The number of methoxy groups -OCH3 is 1. The van der Waals surface area contributed by atoms with Crippen molar-refractivity contribution in [1.82, 2.24) is 4.90 Å². The summed E-state index contributed by atoms with van der Waals surface area (Å²) in [4.78, 5) is 15.6. The maximum Gasteiger partial charge on any atom is 0.278 e. The zero-order valence-electron chi connectivity index (χ0n) is 14.1. The molecule has 0 aliphatic heterocycles. The van der Waals surface area contributed by atoms with Crippen LogP contribution in [-0.4, -0.2) is 37.6 Å². The summed E-state index contributed by atoms with van der Waals surface area (Å²) >= 11 is 1.66. The van der Waals surface area contributed by atoms with Crippen molar-refractivity contribution in [2.45, 2.75) is 20.0 Å². The lowest BCUT2D eigenvalue weighted by molar-refractivity contribution is -0.646. The normalized spacial score (nSPS) is 10.8. The first-order chi connectivity index (χ1) is 11.6. The predicted octanol–water partition coefficient (Wildman–Crippen LogP) is 1.93. The number of carbonyl (C=O) groups is 1. The number of nitrogens with zero attached hydrogens (tertiary/aromatic N) is 1. The molecular weight excluding hydrogens is 327 g/mol. The number of ether oxygens (including phenoxy) is 1. The average Bonchev–Trinajstić information content (AvgIpc) is 2.98. The van der Waals surface area contributed by atoms with Crippen LogP contribution >= 0.6 is 11.3 Å². The third kappa shape index (κ3) is 5.70. The third-order valence-corrected chi connectivity index (χ3v) is 4.79. The summed E-state index contributed by atoms with van der Waals surface area (Å²) in [6.07, 6.45) is 0. The molecule has 24 heavy (non-hydrogen) atoms. The number of amides is 1. The maximum absolute atomic E-state index is 13.1. The van der Waals surface area contributed by atoms with E-state index in [9.17, 15) is 9.18 Å². The predicted molar refractivity (Wildman–Crippen MR) is 93.2 cm³/mol. The van der Waals surface area contributed by atoms with Gasteiger partial charge >= 0.3 is 0 Å². The smallest absolute Gasteiger partial charge is 0.278 e. The molecule has 0 atom stereocenters. The fraction of sp³-hybridized carbons (Fsp3) is 0.389. The molecule has 1 heterocycles. The topological polar surface area (TPSA) is 46.1 Å². The number of benzene rings is 1. The van der Waals surface area contributed by atoms with Crippen LogP contribution in [0.25, 0.3) is 0 Å². The minimum Gasteiger partial charge on any atom is -0.379 e. The number of rotatable bonds is 9. The van der Waals surface area contributed by atoms with Gasteiger partial charge in [0.25, 0.3) is 5.91 Å². The molecule has 2 rings (SSSR count). The molecule has 6 heteroatoms. The van der Waals surface area contributed by atoms with Crippen LogP contribution in [0, 0.1) is 12.7 Å². The third-order valence-electron chi connectivity index (χ3n) is 3.79.